The highest BCUT2D eigenvalue weighted by molar-refractivity contribution is 7.89. The zero-order valence-corrected chi connectivity index (χ0v) is 19.6. The highest BCUT2D eigenvalue weighted by Crippen LogP contribution is 2.25. The molecule has 0 radical (unpaired) electrons. The van der Waals surface area contributed by atoms with E-state index in [9.17, 15) is 13.2 Å². The number of benzene rings is 2. The normalized spacial score (nSPS) is 14.8. The minimum atomic E-state index is -3.48. The lowest BCUT2D eigenvalue weighted by molar-refractivity contribution is -0.116. The summed E-state index contributed by atoms with van der Waals surface area (Å²) in [4.78, 5) is 16.9. The molecular formula is C23H25ClN4O4S. The Morgan fingerprint density at radius 1 is 1.06 bits per heavy atom. The Morgan fingerprint density at radius 3 is 2.52 bits per heavy atom. The SMILES string of the molecule is O=C(CCCc1nc(-c2ccccc2Cl)no1)Nc1ccc(S(=O)(=O)N2CCCCC2)cc1. The first-order chi connectivity index (χ1) is 15.9. The number of aryl methyl sites for hydroxylation is 1. The van der Waals surface area contributed by atoms with Crippen LogP contribution < -0.4 is 5.32 Å². The van der Waals surface area contributed by atoms with Gasteiger partial charge in [0.1, 0.15) is 0 Å². The molecule has 1 aliphatic rings. The van der Waals surface area contributed by atoms with E-state index in [2.05, 4.69) is 15.5 Å². The van der Waals surface area contributed by atoms with Crippen LogP contribution in [0.25, 0.3) is 11.4 Å². The number of carbonyl (C=O) groups excluding carboxylic acids is 1. The first kappa shape index (κ1) is 23.4. The topological polar surface area (TPSA) is 105 Å². The van der Waals surface area contributed by atoms with Crippen LogP contribution in [0.2, 0.25) is 5.02 Å². The Balaban J connectivity index is 1.27. The van der Waals surface area contributed by atoms with Crippen molar-refractivity contribution in [2.45, 2.75) is 43.4 Å². The maximum atomic E-state index is 12.7. The summed E-state index contributed by atoms with van der Waals surface area (Å²) in [6, 6.07) is 13.5. The Kier molecular flexibility index (Phi) is 7.42. The molecule has 4 rings (SSSR count). The lowest BCUT2D eigenvalue weighted by Gasteiger charge is -2.25. The number of hydrogen-bond acceptors (Lipinski definition) is 6. The molecule has 174 valence electrons. The summed E-state index contributed by atoms with van der Waals surface area (Å²) < 4.78 is 32.2. The molecule has 1 fully saturated rings. The van der Waals surface area contributed by atoms with Crippen LogP contribution in [-0.2, 0) is 21.2 Å². The third-order valence-corrected chi connectivity index (χ3v) is 7.71. The van der Waals surface area contributed by atoms with Crippen molar-refractivity contribution in [3.8, 4) is 11.4 Å². The van der Waals surface area contributed by atoms with Gasteiger partial charge in [0.05, 0.1) is 9.92 Å². The molecule has 1 amide bonds. The molecule has 0 atom stereocenters. The number of halogens is 1. The fourth-order valence-electron chi connectivity index (χ4n) is 3.70. The van der Waals surface area contributed by atoms with Crippen molar-refractivity contribution < 1.29 is 17.7 Å². The number of anilines is 1. The van der Waals surface area contributed by atoms with Crippen LogP contribution in [0, 0.1) is 0 Å². The van der Waals surface area contributed by atoms with Gasteiger partial charge in [-0.1, -0.05) is 35.3 Å². The molecule has 33 heavy (non-hydrogen) atoms. The van der Waals surface area contributed by atoms with Gasteiger partial charge in [-0.25, -0.2) is 8.42 Å². The van der Waals surface area contributed by atoms with Crippen molar-refractivity contribution in [3.05, 3.63) is 59.4 Å². The van der Waals surface area contributed by atoms with Crippen LogP contribution in [0.3, 0.4) is 0 Å². The molecule has 8 nitrogen and oxygen atoms in total. The Morgan fingerprint density at radius 2 is 1.79 bits per heavy atom. The van der Waals surface area contributed by atoms with Gasteiger partial charge in [0, 0.05) is 37.2 Å². The Bertz CT molecular complexity index is 1210. The maximum absolute atomic E-state index is 12.7. The van der Waals surface area contributed by atoms with Gasteiger partial charge in [0.2, 0.25) is 27.6 Å². The molecule has 1 saturated heterocycles. The van der Waals surface area contributed by atoms with Crippen molar-refractivity contribution in [3.63, 3.8) is 0 Å². The summed E-state index contributed by atoms with van der Waals surface area (Å²) in [5.41, 5.74) is 1.24. The van der Waals surface area contributed by atoms with Gasteiger partial charge in [-0.05, 0) is 55.7 Å². The molecule has 0 unspecified atom stereocenters. The second kappa shape index (κ2) is 10.5. The summed E-state index contributed by atoms with van der Waals surface area (Å²) in [7, 11) is -3.48. The van der Waals surface area contributed by atoms with Crippen LogP contribution in [-0.4, -0.2) is 41.9 Å². The predicted octanol–water partition coefficient (Wildman–Crippen LogP) is 4.53. The van der Waals surface area contributed by atoms with Crippen LogP contribution in [0.4, 0.5) is 5.69 Å². The highest BCUT2D eigenvalue weighted by atomic mass is 35.5. The number of hydrogen-bond donors (Lipinski definition) is 1. The third-order valence-electron chi connectivity index (χ3n) is 5.47. The smallest absolute Gasteiger partial charge is 0.243 e. The van der Waals surface area contributed by atoms with Gasteiger partial charge in [-0.2, -0.15) is 9.29 Å². The molecule has 2 heterocycles. The number of rotatable bonds is 8. The lowest BCUT2D eigenvalue weighted by Crippen LogP contribution is -2.35. The second-order valence-corrected chi connectivity index (χ2v) is 10.2. The number of carbonyl (C=O) groups is 1. The zero-order valence-electron chi connectivity index (χ0n) is 18.0. The largest absolute Gasteiger partial charge is 0.339 e. The fourth-order valence-corrected chi connectivity index (χ4v) is 5.43. The molecule has 0 aliphatic carbocycles. The number of nitrogens with zero attached hydrogens (tertiary/aromatic N) is 3. The third kappa shape index (κ3) is 5.79. The first-order valence-electron chi connectivity index (χ1n) is 10.9. The molecule has 10 heteroatoms. The van der Waals surface area contributed by atoms with Crippen molar-refractivity contribution in [2.75, 3.05) is 18.4 Å². The number of sulfonamides is 1. The molecule has 0 spiro atoms. The Hall–Kier alpha value is -2.75. The van der Waals surface area contributed by atoms with E-state index in [-0.39, 0.29) is 17.2 Å². The van der Waals surface area contributed by atoms with Crippen molar-refractivity contribution in [2.24, 2.45) is 0 Å². The standard InChI is InChI=1S/C23H25ClN4O4S/c24-20-8-3-2-7-19(20)23-26-22(32-27-23)10-6-9-21(29)25-17-11-13-18(14-12-17)33(30,31)28-15-4-1-5-16-28/h2-3,7-8,11-14H,1,4-6,9-10,15-16H2,(H,25,29). The van der Waals surface area contributed by atoms with E-state index >= 15 is 0 Å². The summed E-state index contributed by atoms with van der Waals surface area (Å²) in [5.74, 6) is 0.678. The van der Waals surface area contributed by atoms with Gasteiger partial charge in [0.15, 0.2) is 0 Å². The summed E-state index contributed by atoms with van der Waals surface area (Å²) in [5, 5.41) is 7.29. The van der Waals surface area contributed by atoms with E-state index in [1.807, 2.05) is 18.2 Å². The summed E-state index contributed by atoms with van der Waals surface area (Å²) >= 11 is 6.15. The van der Waals surface area contributed by atoms with Gasteiger partial charge < -0.3 is 9.84 Å². The van der Waals surface area contributed by atoms with E-state index in [1.54, 1.807) is 18.2 Å². The van der Waals surface area contributed by atoms with E-state index in [4.69, 9.17) is 16.1 Å². The Labute approximate surface area is 198 Å². The van der Waals surface area contributed by atoms with Crippen LogP contribution in [0.1, 0.15) is 38.0 Å². The quantitative estimate of drug-likeness (QED) is 0.499. The van der Waals surface area contributed by atoms with Crippen molar-refractivity contribution in [1.82, 2.24) is 14.4 Å². The number of amides is 1. The van der Waals surface area contributed by atoms with Gasteiger partial charge in [-0.15, -0.1) is 0 Å². The first-order valence-corrected chi connectivity index (χ1v) is 12.7. The van der Waals surface area contributed by atoms with Crippen LogP contribution in [0.15, 0.2) is 57.9 Å². The maximum Gasteiger partial charge on any atom is 0.243 e. The number of piperidine rings is 1. The van der Waals surface area contributed by atoms with Crippen molar-refractivity contribution >= 4 is 33.2 Å². The van der Waals surface area contributed by atoms with E-state index < -0.39 is 10.0 Å². The van der Waals surface area contributed by atoms with Gasteiger partial charge in [0.25, 0.3) is 0 Å². The molecule has 1 aromatic heterocycles. The summed E-state index contributed by atoms with van der Waals surface area (Å²) in [6.45, 7) is 1.11. The minimum Gasteiger partial charge on any atom is -0.339 e. The number of aromatic nitrogens is 2. The molecule has 0 bridgehead atoms. The minimum absolute atomic E-state index is 0.174. The highest BCUT2D eigenvalue weighted by Gasteiger charge is 2.25. The average molecular weight is 489 g/mol. The predicted molar refractivity (Wildman–Crippen MR) is 125 cm³/mol. The molecule has 0 saturated carbocycles. The lowest BCUT2D eigenvalue weighted by atomic mass is 10.2. The second-order valence-electron chi connectivity index (χ2n) is 7.88. The van der Waals surface area contributed by atoms with Crippen LogP contribution >= 0.6 is 11.6 Å². The van der Waals surface area contributed by atoms with Gasteiger partial charge in [-0.3, -0.25) is 4.79 Å². The van der Waals surface area contributed by atoms with E-state index in [1.165, 1.54) is 16.4 Å². The van der Waals surface area contributed by atoms with Crippen molar-refractivity contribution in [1.29, 1.82) is 0 Å². The van der Waals surface area contributed by atoms with E-state index in [0.717, 1.165) is 19.3 Å². The summed E-state index contributed by atoms with van der Waals surface area (Å²) in [6.07, 6.45) is 4.08. The molecule has 2 aromatic carbocycles. The molecular weight excluding hydrogens is 464 g/mol. The monoisotopic (exact) mass is 488 g/mol. The number of nitrogens with one attached hydrogen (secondary N) is 1. The van der Waals surface area contributed by atoms with Crippen LogP contribution in [0.5, 0.6) is 0 Å². The fraction of sp³-hybridized carbons (Fsp3) is 0.348. The average Bonchev–Trinajstić information content (AvgIpc) is 3.29. The molecule has 1 N–H and O–H groups in total. The molecule has 1 aliphatic heterocycles. The van der Waals surface area contributed by atoms with E-state index in [0.29, 0.717) is 53.9 Å². The zero-order chi connectivity index (χ0) is 23.3. The van der Waals surface area contributed by atoms with Gasteiger partial charge >= 0.3 is 0 Å². The molecule has 3 aromatic rings.